The number of aryl methyl sites for hydroxylation is 1. The Kier molecular flexibility index (Phi) is 10.2. The average Bonchev–Trinajstić information content (AvgIpc) is 2.90. The highest BCUT2D eigenvalue weighted by atomic mass is 35.5. The first kappa shape index (κ1) is 33.3. The van der Waals surface area contributed by atoms with Gasteiger partial charge in [0.05, 0.1) is 22.5 Å². The fourth-order valence-electron chi connectivity index (χ4n) is 5.03. The molecule has 1 aliphatic rings. The molecular weight excluding hydrogens is 622 g/mol. The van der Waals surface area contributed by atoms with Gasteiger partial charge < -0.3 is 10.6 Å². The lowest BCUT2D eigenvalue weighted by Crippen LogP contribution is -2.36. The maximum absolute atomic E-state index is 13.4. The monoisotopic (exact) mass is 655 g/mol. The molecule has 4 rings (SSSR count). The van der Waals surface area contributed by atoms with Gasteiger partial charge in [0.2, 0.25) is 15.9 Å². The van der Waals surface area contributed by atoms with Crippen molar-refractivity contribution in [2.75, 3.05) is 0 Å². The van der Waals surface area contributed by atoms with Crippen LogP contribution in [-0.2, 0) is 34.0 Å². The van der Waals surface area contributed by atoms with Gasteiger partial charge in [-0.15, -0.1) is 0 Å². The van der Waals surface area contributed by atoms with Gasteiger partial charge in [-0.3, -0.25) is 4.79 Å². The number of rotatable bonds is 9. The number of halogens is 5. The highest BCUT2D eigenvalue weighted by Crippen LogP contribution is 2.33. The number of fused-ring (bicyclic) bond motifs is 1. The summed E-state index contributed by atoms with van der Waals surface area (Å²) >= 11 is 12.3. The van der Waals surface area contributed by atoms with E-state index in [1.54, 1.807) is 0 Å². The van der Waals surface area contributed by atoms with Crippen molar-refractivity contribution in [3.63, 3.8) is 0 Å². The normalized spacial score (nSPS) is 16.4. The van der Waals surface area contributed by atoms with E-state index in [0.29, 0.717) is 24.6 Å². The van der Waals surface area contributed by atoms with Crippen molar-refractivity contribution in [1.29, 1.82) is 0 Å². The van der Waals surface area contributed by atoms with Crippen LogP contribution < -0.4 is 15.4 Å². The molecule has 3 aromatic rings. The highest BCUT2D eigenvalue weighted by Gasteiger charge is 2.33. The first-order chi connectivity index (χ1) is 20.0. The van der Waals surface area contributed by atoms with Crippen LogP contribution in [0.1, 0.15) is 79.9 Å². The van der Waals surface area contributed by atoms with Crippen LogP contribution >= 0.6 is 23.2 Å². The Balaban J connectivity index is 1.56. The molecule has 0 spiro atoms. The minimum Gasteiger partial charge on any atom is -0.349 e. The summed E-state index contributed by atoms with van der Waals surface area (Å²) in [5.74, 6) is -0.441. The van der Waals surface area contributed by atoms with Gasteiger partial charge in [0.25, 0.3) is 0 Å². The lowest BCUT2D eigenvalue weighted by Gasteiger charge is -2.28. The summed E-state index contributed by atoms with van der Waals surface area (Å²) in [5.41, 5.74) is 2.45. The van der Waals surface area contributed by atoms with Gasteiger partial charge in [-0.2, -0.15) is 13.2 Å². The number of amides is 1. The van der Waals surface area contributed by atoms with Crippen LogP contribution in [0.3, 0.4) is 0 Å². The third-order valence-electron chi connectivity index (χ3n) is 7.13. The van der Waals surface area contributed by atoms with E-state index >= 15 is 0 Å². The maximum atomic E-state index is 13.4. The number of hydrogen-bond acceptors (Lipinski definition) is 4. The van der Waals surface area contributed by atoms with Crippen molar-refractivity contribution in [3.05, 3.63) is 98.5 Å². The first-order valence-electron chi connectivity index (χ1n) is 13.8. The summed E-state index contributed by atoms with van der Waals surface area (Å²) in [6.07, 6.45) is -2.61. The molecule has 43 heavy (non-hydrogen) atoms. The van der Waals surface area contributed by atoms with Gasteiger partial charge in [-0.05, 0) is 98.7 Å². The van der Waals surface area contributed by atoms with Gasteiger partial charge in [0.15, 0.2) is 0 Å². The lowest BCUT2D eigenvalue weighted by molar-refractivity contribution is -0.137. The molecule has 0 aromatic heterocycles. The van der Waals surface area contributed by atoms with Crippen molar-refractivity contribution in [1.82, 2.24) is 15.4 Å². The molecule has 3 N–H and O–H groups in total. The van der Waals surface area contributed by atoms with E-state index in [4.69, 9.17) is 23.2 Å². The number of hydrogen-bond donors (Lipinski definition) is 3. The van der Waals surface area contributed by atoms with Crippen LogP contribution in [0.15, 0.2) is 65.6 Å². The SMILES string of the molecule is CC(C)(C)NCc1ccc2c(c1)CCC[C@H]2NC(=O)CC(NS(=O)(=O)c1cccc(C(F)(F)F)c1)c1cc(Cl)cc(Cl)c1. The van der Waals surface area contributed by atoms with Crippen LogP contribution in [-0.4, -0.2) is 19.9 Å². The largest absolute Gasteiger partial charge is 0.416 e. The zero-order valence-corrected chi connectivity index (χ0v) is 26.3. The van der Waals surface area contributed by atoms with Crippen LogP contribution in [0, 0.1) is 0 Å². The summed E-state index contributed by atoms with van der Waals surface area (Å²) < 4.78 is 68.8. The van der Waals surface area contributed by atoms with Crippen molar-refractivity contribution in [2.24, 2.45) is 0 Å². The zero-order valence-electron chi connectivity index (χ0n) is 24.0. The minimum absolute atomic E-state index is 0.0290. The number of carbonyl (C=O) groups excluding carboxylic acids is 1. The molecule has 0 heterocycles. The second-order valence-corrected chi connectivity index (χ2v) is 14.3. The Morgan fingerprint density at radius 1 is 1.00 bits per heavy atom. The van der Waals surface area contributed by atoms with Crippen LogP contribution in [0.4, 0.5) is 13.2 Å². The predicted octanol–water partition coefficient (Wildman–Crippen LogP) is 7.50. The average molecular weight is 657 g/mol. The van der Waals surface area contributed by atoms with Gasteiger partial charge in [0, 0.05) is 28.5 Å². The maximum Gasteiger partial charge on any atom is 0.416 e. The second-order valence-electron chi connectivity index (χ2n) is 11.8. The molecule has 3 aromatic carbocycles. The molecule has 12 heteroatoms. The quantitative estimate of drug-likeness (QED) is 0.223. The lowest BCUT2D eigenvalue weighted by atomic mass is 9.86. The van der Waals surface area contributed by atoms with Crippen molar-refractivity contribution >= 4 is 39.1 Å². The van der Waals surface area contributed by atoms with E-state index in [2.05, 4.69) is 42.2 Å². The fraction of sp³-hybridized carbons (Fsp3) is 0.387. The number of alkyl halides is 3. The van der Waals surface area contributed by atoms with E-state index in [1.165, 1.54) is 18.2 Å². The first-order valence-corrected chi connectivity index (χ1v) is 16.1. The smallest absolute Gasteiger partial charge is 0.349 e. The van der Waals surface area contributed by atoms with E-state index in [1.807, 2.05) is 12.1 Å². The Hall–Kier alpha value is -2.63. The van der Waals surface area contributed by atoms with Crippen molar-refractivity contribution < 1.29 is 26.4 Å². The number of sulfonamides is 1. The topological polar surface area (TPSA) is 87.3 Å². The molecule has 0 fully saturated rings. The zero-order chi connectivity index (χ0) is 31.6. The Labute approximate surface area is 260 Å². The molecule has 0 bridgehead atoms. The molecular formula is C31H34Cl2F3N3O3S. The number of nitrogens with one attached hydrogen (secondary N) is 3. The van der Waals surface area contributed by atoms with E-state index in [9.17, 15) is 26.4 Å². The molecule has 0 aliphatic heterocycles. The van der Waals surface area contributed by atoms with Crippen LogP contribution in [0.2, 0.25) is 10.0 Å². The molecule has 1 amide bonds. The Bertz CT molecular complexity index is 1570. The van der Waals surface area contributed by atoms with Gasteiger partial charge in [-0.1, -0.05) is 47.5 Å². The summed E-state index contributed by atoms with van der Waals surface area (Å²) in [6.45, 7) is 7.01. The molecule has 6 nitrogen and oxygen atoms in total. The Morgan fingerprint density at radius 2 is 1.70 bits per heavy atom. The van der Waals surface area contributed by atoms with E-state index in [-0.39, 0.29) is 28.0 Å². The van der Waals surface area contributed by atoms with Gasteiger partial charge in [-0.25, -0.2) is 13.1 Å². The van der Waals surface area contributed by atoms with Gasteiger partial charge in [0.1, 0.15) is 0 Å². The minimum atomic E-state index is -4.73. The summed E-state index contributed by atoms with van der Waals surface area (Å²) in [7, 11) is -4.49. The summed E-state index contributed by atoms with van der Waals surface area (Å²) in [6, 6.07) is 12.5. The van der Waals surface area contributed by atoms with E-state index < -0.39 is 38.6 Å². The summed E-state index contributed by atoms with van der Waals surface area (Å²) in [4.78, 5) is 12.8. The van der Waals surface area contributed by atoms with Gasteiger partial charge >= 0.3 is 6.18 Å². The van der Waals surface area contributed by atoms with Crippen LogP contribution in [0.5, 0.6) is 0 Å². The molecule has 0 saturated heterocycles. The molecule has 0 saturated carbocycles. The van der Waals surface area contributed by atoms with E-state index in [0.717, 1.165) is 47.7 Å². The standard InChI is InChI=1S/C31H34Cl2F3N3O3S/c1-30(2,3)37-18-19-10-11-26-20(12-19)6-4-9-27(26)38-29(40)17-28(21-13-23(32)16-24(33)14-21)39-43(41,42)25-8-5-7-22(15-25)31(34,35)36/h5,7-8,10-16,27-28,37,39H,4,6,9,17-18H2,1-3H3,(H,38,40)/t27-,28?/m1/s1. The van der Waals surface area contributed by atoms with Crippen LogP contribution in [0.25, 0.3) is 0 Å². The Morgan fingerprint density at radius 3 is 2.35 bits per heavy atom. The fourth-order valence-corrected chi connectivity index (χ4v) is 6.85. The molecule has 0 radical (unpaired) electrons. The van der Waals surface area contributed by atoms with Crippen molar-refractivity contribution in [3.8, 4) is 0 Å². The molecule has 232 valence electrons. The number of benzene rings is 3. The van der Waals surface area contributed by atoms with Crippen molar-refractivity contribution in [2.45, 2.75) is 81.7 Å². The summed E-state index contributed by atoms with van der Waals surface area (Å²) in [5, 5.41) is 6.93. The molecule has 1 unspecified atom stereocenters. The third-order valence-corrected chi connectivity index (χ3v) is 9.03. The molecule has 1 aliphatic carbocycles. The molecule has 2 atom stereocenters. The predicted molar refractivity (Wildman–Crippen MR) is 162 cm³/mol. The third kappa shape index (κ3) is 9.18. The highest BCUT2D eigenvalue weighted by molar-refractivity contribution is 7.89. The second kappa shape index (κ2) is 13.2. The number of carbonyl (C=O) groups is 1.